The molecule has 2 aromatic carbocycles. The van der Waals surface area contributed by atoms with E-state index in [4.69, 9.17) is 4.74 Å². The standard InChI is InChI=1S/C16H14O2/c1-10-7-11(2)15-13(8-10)9-12-5-3-4-6-14(12)18-16(15)17/h3-8H,9H2,1-2H3. The molecule has 2 aromatic rings. The van der Waals surface area contributed by atoms with Crippen molar-refractivity contribution < 1.29 is 9.53 Å². The highest BCUT2D eigenvalue weighted by molar-refractivity contribution is 5.95. The number of rotatable bonds is 0. The molecule has 0 fully saturated rings. The molecule has 0 amide bonds. The van der Waals surface area contributed by atoms with Gasteiger partial charge in [-0.1, -0.05) is 35.9 Å². The molecule has 1 aliphatic heterocycles. The molecule has 0 N–H and O–H groups in total. The van der Waals surface area contributed by atoms with E-state index >= 15 is 0 Å². The minimum absolute atomic E-state index is 0.243. The van der Waals surface area contributed by atoms with Crippen molar-refractivity contribution in [2.75, 3.05) is 0 Å². The summed E-state index contributed by atoms with van der Waals surface area (Å²) in [5.41, 5.74) is 5.01. The summed E-state index contributed by atoms with van der Waals surface area (Å²) in [5.74, 6) is 0.434. The van der Waals surface area contributed by atoms with Crippen molar-refractivity contribution in [3.63, 3.8) is 0 Å². The fraction of sp³-hybridized carbons (Fsp3) is 0.188. The topological polar surface area (TPSA) is 26.3 Å². The average molecular weight is 238 g/mol. The van der Waals surface area contributed by atoms with E-state index in [-0.39, 0.29) is 5.97 Å². The van der Waals surface area contributed by atoms with E-state index in [1.54, 1.807) is 0 Å². The van der Waals surface area contributed by atoms with Crippen LogP contribution in [0.5, 0.6) is 5.75 Å². The van der Waals surface area contributed by atoms with Gasteiger partial charge in [-0.3, -0.25) is 0 Å². The Morgan fingerprint density at radius 2 is 1.83 bits per heavy atom. The Morgan fingerprint density at radius 1 is 1.06 bits per heavy atom. The summed E-state index contributed by atoms with van der Waals surface area (Å²) >= 11 is 0. The van der Waals surface area contributed by atoms with Gasteiger partial charge >= 0.3 is 5.97 Å². The number of hydrogen-bond donors (Lipinski definition) is 0. The predicted molar refractivity (Wildman–Crippen MR) is 70.1 cm³/mol. The summed E-state index contributed by atoms with van der Waals surface area (Å²) < 4.78 is 5.47. The average Bonchev–Trinajstić information content (AvgIpc) is 2.43. The van der Waals surface area contributed by atoms with Crippen LogP contribution in [0.4, 0.5) is 0 Å². The fourth-order valence-corrected chi connectivity index (χ4v) is 2.59. The molecule has 0 unspecified atom stereocenters. The molecule has 0 atom stereocenters. The van der Waals surface area contributed by atoms with Crippen molar-refractivity contribution in [3.05, 3.63) is 64.2 Å². The lowest BCUT2D eigenvalue weighted by Gasteiger charge is -2.08. The third-order valence-corrected chi connectivity index (χ3v) is 3.32. The summed E-state index contributed by atoms with van der Waals surface area (Å²) in [6.45, 7) is 4.01. The first-order valence-corrected chi connectivity index (χ1v) is 6.05. The van der Waals surface area contributed by atoms with Gasteiger partial charge in [0.25, 0.3) is 0 Å². The lowest BCUT2D eigenvalue weighted by atomic mass is 9.95. The minimum Gasteiger partial charge on any atom is -0.423 e. The summed E-state index contributed by atoms with van der Waals surface area (Å²) in [7, 11) is 0. The maximum absolute atomic E-state index is 12.2. The van der Waals surface area contributed by atoms with Gasteiger partial charge in [-0.05, 0) is 36.6 Å². The quantitative estimate of drug-likeness (QED) is 0.519. The van der Waals surface area contributed by atoms with Crippen LogP contribution in [0, 0.1) is 13.8 Å². The maximum atomic E-state index is 12.2. The third-order valence-electron chi connectivity index (χ3n) is 3.32. The zero-order valence-electron chi connectivity index (χ0n) is 10.5. The first kappa shape index (κ1) is 11.0. The first-order chi connectivity index (χ1) is 8.65. The largest absolute Gasteiger partial charge is 0.423 e. The molecule has 1 aliphatic rings. The molecule has 0 spiro atoms. The summed E-state index contributed by atoms with van der Waals surface area (Å²) in [4.78, 5) is 12.2. The predicted octanol–water partition coefficient (Wildman–Crippen LogP) is 3.43. The van der Waals surface area contributed by atoms with Gasteiger partial charge in [0.15, 0.2) is 0 Å². The second kappa shape index (κ2) is 3.98. The summed E-state index contributed by atoms with van der Waals surface area (Å²) in [6, 6.07) is 11.8. The number of hydrogen-bond acceptors (Lipinski definition) is 2. The smallest absolute Gasteiger partial charge is 0.344 e. The van der Waals surface area contributed by atoms with E-state index in [2.05, 4.69) is 13.0 Å². The van der Waals surface area contributed by atoms with Gasteiger partial charge in [0.2, 0.25) is 0 Å². The number of benzene rings is 2. The number of carbonyl (C=O) groups is 1. The van der Waals surface area contributed by atoms with E-state index in [1.807, 2.05) is 37.3 Å². The number of carbonyl (C=O) groups excluding carboxylic acids is 1. The van der Waals surface area contributed by atoms with Crippen LogP contribution in [-0.2, 0) is 6.42 Å². The minimum atomic E-state index is -0.243. The van der Waals surface area contributed by atoms with Crippen LogP contribution in [0.25, 0.3) is 0 Å². The van der Waals surface area contributed by atoms with Crippen LogP contribution in [0.2, 0.25) is 0 Å². The molecule has 3 rings (SSSR count). The van der Waals surface area contributed by atoms with Crippen molar-refractivity contribution >= 4 is 5.97 Å². The Hall–Kier alpha value is -2.09. The van der Waals surface area contributed by atoms with Crippen LogP contribution in [-0.4, -0.2) is 5.97 Å². The van der Waals surface area contributed by atoms with Crippen LogP contribution in [0.1, 0.15) is 32.6 Å². The van der Waals surface area contributed by atoms with Crippen LogP contribution >= 0.6 is 0 Å². The third kappa shape index (κ3) is 1.70. The molecule has 2 nitrogen and oxygen atoms in total. The van der Waals surface area contributed by atoms with Gasteiger partial charge in [0, 0.05) is 6.42 Å². The van der Waals surface area contributed by atoms with E-state index in [1.165, 1.54) is 5.56 Å². The van der Waals surface area contributed by atoms with Crippen LogP contribution in [0.15, 0.2) is 36.4 Å². The first-order valence-electron chi connectivity index (χ1n) is 6.05. The Labute approximate surface area is 106 Å². The highest BCUT2D eigenvalue weighted by Crippen LogP contribution is 2.30. The summed E-state index contributed by atoms with van der Waals surface area (Å²) in [5, 5.41) is 0. The molecule has 2 heteroatoms. The normalized spacial score (nSPS) is 13.3. The molecular weight excluding hydrogens is 224 g/mol. The molecule has 0 aliphatic carbocycles. The number of ether oxygens (including phenoxy) is 1. The molecule has 90 valence electrons. The Morgan fingerprint density at radius 3 is 2.67 bits per heavy atom. The van der Waals surface area contributed by atoms with Crippen molar-refractivity contribution in [3.8, 4) is 5.75 Å². The molecule has 0 saturated carbocycles. The molecule has 0 bridgehead atoms. The Bertz CT molecular complexity index is 642. The molecule has 0 saturated heterocycles. The van der Waals surface area contributed by atoms with Crippen LogP contribution in [0.3, 0.4) is 0 Å². The van der Waals surface area contributed by atoms with Gasteiger partial charge in [0.05, 0.1) is 5.56 Å². The van der Waals surface area contributed by atoms with Gasteiger partial charge in [-0.25, -0.2) is 4.79 Å². The van der Waals surface area contributed by atoms with Gasteiger partial charge in [-0.2, -0.15) is 0 Å². The molecular formula is C16H14O2. The van der Waals surface area contributed by atoms with E-state index in [9.17, 15) is 4.79 Å². The van der Waals surface area contributed by atoms with Crippen molar-refractivity contribution in [1.82, 2.24) is 0 Å². The van der Waals surface area contributed by atoms with Gasteiger partial charge < -0.3 is 4.74 Å². The number of para-hydroxylation sites is 1. The molecule has 18 heavy (non-hydrogen) atoms. The molecule has 1 heterocycles. The molecule has 0 radical (unpaired) electrons. The zero-order valence-corrected chi connectivity index (χ0v) is 10.5. The van der Waals surface area contributed by atoms with E-state index in [0.717, 1.165) is 28.7 Å². The maximum Gasteiger partial charge on any atom is 0.344 e. The zero-order chi connectivity index (χ0) is 12.7. The van der Waals surface area contributed by atoms with E-state index in [0.29, 0.717) is 5.75 Å². The lowest BCUT2D eigenvalue weighted by molar-refractivity contribution is 0.0735. The number of aryl methyl sites for hydroxylation is 2. The van der Waals surface area contributed by atoms with Gasteiger partial charge in [0.1, 0.15) is 5.75 Å². The van der Waals surface area contributed by atoms with Gasteiger partial charge in [-0.15, -0.1) is 0 Å². The second-order valence-corrected chi connectivity index (χ2v) is 4.79. The molecule has 0 aromatic heterocycles. The van der Waals surface area contributed by atoms with Crippen molar-refractivity contribution in [2.24, 2.45) is 0 Å². The van der Waals surface area contributed by atoms with E-state index < -0.39 is 0 Å². The Kier molecular flexibility index (Phi) is 2.44. The fourth-order valence-electron chi connectivity index (χ4n) is 2.59. The highest BCUT2D eigenvalue weighted by Gasteiger charge is 2.22. The monoisotopic (exact) mass is 238 g/mol. The van der Waals surface area contributed by atoms with Crippen molar-refractivity contribution in [1.29, 1.82) is 0 Å². The summed E-state index contributed by atoms with van der Waals surface area (Å²) in [6.07, 6.45) is 0.750. The second-order valence-electron chi connectivity index (χ2n) is 4.79. The lowest BCUT2D eigenvalue weighted by Crippen LogP contribution is -2.11. The highest BCUT2D eigenvalue weighted by atomic mass is 16.5. The number of fused-ring (bicyclic) bond motifs is 2. The SMILES string of the molecule is Cc1cc(C)c2c(c1)Cc1ccccc1OC2=O. The van der Waals surface area contributed by atoms with Crippen LogP contribution < -0.4 is 4.74 Å². The Balaban J connectivity index is 2.23. The number of esters is 1. The van der Waals surface area contributed by atoms with Crippen molar-refractivity contribution in [2.45, 2.75) is 20.3 Å².